The number of hydrogen-bond acceptors (Lipinski definition) is 4. The maximum atomic E-state index is 13.1. The molecule has 0 aliphatic carbocycles. The molecule has 2 heterocycles. The van der Waals surface area contributed by atoms with Crippen LogP contribution in [0.15, 0.2) is 64.1 Å². The fraction of sp³-hybridized carbons (Fsp3) is 0.200. The highest BCUT2D eigenvalue weighted by atomic mass is 79.9. The number of benzene rings is 2. The second-order valence-corrected chi connectivity index (χ2v) is 9.91. The number of rotatable bonds is 3. The lowest BCUT2D eigenvalue weighted by atomic mass is 10.1. The fourth-order valence-corrected chi connectivity index (χ4v) is 5.32. The van der Waals surface area contributed by atoms with Crippen molar-refractivity contribution in [3.63, 3.8) is 0 Å². The minimum absolute atomic E-state index is 0.129. The van der Waals surface area contributed by atoms with Gasteiger partial charge in [0.1, 0.15) is 5.15 Å². The summed E-state index contributed by atoms with van der Waals surface area (Å²) in [6.07, 6.45) is 1.52. The number of sulfonamides is 1. The lowest BCUT2D eigenvalue weighted by Gasteiger charge is -2.34. The van der Waals surface area contributed by atoms with Gasteiger partial charge in [-0.25, -0.2) is 13.4 Å². The van der Waals surface area contributed by atoms with Crippen LogP contribution in [0.1, 0.15) is 10.4 Å². The molecule has 1 fully saturated rings. The van der Waals surface area contributed by atoms with Crippen molar-refractivity contribution in [2.24, 2.45) is 0 Å². The maximum Gasteiger partial charge on any atom is 0.257 e. The van der Waals surface area contributed by atoms with Gasteiger partial charge in [0, 0.05) is 36.8 Å². The summed E-state index contributed by atoms with van der Waals surface area (Å²) >= 11 is 9.34. The average molecular weight is 495 g/mol. The van der Waals surface area contributed by atoms with E-state index >= 15 is 0 Å². The third-order valence-corrected chi connectivity index (χ3v) is 7.55. The van der Waals surface area contributed by atoms with Crippen LogP contribution < -0.4 is 0 Å². The number of hydrogen-bond donors (Lipinski definition) is 0. The first-order valence-corrected chi connectivity index (χ1v) is 11.6. The highest BCUT2D eigenvalue weighted by Crippen LogP contribution is 2.24. The van der Waals surface area contributed by atoms with Gasteiger partial charge in [-0.3, -0.25) is 4.79 Å². The molecule has 1 amide bonds. The Morgan fingerprint density at radius 3 is 2.41 bits per heavy atom. The minimum Gasteiger partial charge on any atom is -0.336 e. The topological polar surface area (TPSA) is 70.6 Å². The molecule has 0 saturated carbocycles. The molecule has 1 aliphatic rings. The van der Waals surface area contributed by atoms with Gasteiger partial charge in [-0.1, -0.05) is 41.9 Å². The van der Waals surface area contributed by atoms with Crippen molar-refractivity contribution in [3.05, 3.63) is 69.9 Å². The summed E-state index contributed by atoms with van der Waals surface area (Å²) in [7, 11) is -3.63. The quantitative estimate of drug-likeness (QED) is 0.519. The highest BCUT2D eigenvalue weighted by Gasteiger charge is 2.31. The number of amides is 1. The first-order chi connectivity index (χ1) is 13.9. The van der Waals surface area contributed by atoms with E-state index in [0.29, 0.717) is 10.0 Å². The van der Waals surface area contributed by atoms with E-state index in [0.717, 1.165) is 10.8 Å². The van der Waals surface area contributed by atoms with Crippen LogP contribution in [0.2, 0.25) is 5.15 Å². The smallest absolute Gasteiger partial charge is 0.257 e. The lowest BCUT2D eigenvalue weighted by molar-refractivity contribution is 0.0697. The van der Waals surface area contributed by atoms with Crippen LogP contribution in [0.25, 0.3) is 10.8 Å². The number of pyridine rings is 1. The Hall–Kier alpha value is -2.00. The van der Waals surface area contributed by atoms with Crippen LogP contribution in [0.3, 0.4) is 0 Å². The van der Waals surface area contributed by atoms with E-state index in [-0.39, 0.29) is 42.1 Å². The van der Waals surface area contributed by atoms with E-state index in [1.54, 1.807) is 23.1 Å². The predicted molar refractivity (Wildman–Crippen MR) is 116 cm³/mol. The number of halogens is 2. The van der Waals surface area contributed by atoms with Gasteiger partial charge in [0.2, 0.25) is 10.0 Å². The van der Waals surface area contributed by atoms with Crippen molar-refractivity contribution >= 4 is 54.2 Å². The van der Waals surface area contributed by atoms with Crippen molar-refractivity contribution in [3.8, 4) is 0 Å². The first-order valence-electron chi connectivity index (χ1n) is 8.95. The molecule has 1 aromatic heterocycles. The molecular formula is C20H17BrClN3O3S. The number of carbonyl (C=O) groups excluding carboxylic acids is 1. The van der Waals surface area contributed by atoms with Crippen LogP contribution in [0.4, 0.5) is 0 Å². The van der Waals surface area contributed by atoms with E-state index in [1.165, 1.54) is 10.5 Å². The molecule has 0 bridgehead atoms. The maximum absolute atomic E-state index is 13.1. The zero-order valence-corrected chi connectivity index (χ0v) is 18.4. The van der Waals surface area contributed by atoms with Crippen LogP contribution in [-0.2, 0) is 10.0 Å². The zero-order chi connectivity index (χ0) is 20.6. The summed E-state index contributed by atoms with van der Waals surface area (Å²) in [6, 6.07) is 14.4. The zero-order valence-electron chi connectivity index (χ0n) is 15.3. The van der Waals surface area contributed by atoms with E-state index in [4.69, 9.17) is 11.6 Å². The monoisotopic (exact) mass is 493 g/mol. The molecule has 0 unspecified atom stereocenters. The van der Waals surface area contributed by atoms with Gasteiger partial charge < -0.3 is 4.90 Å². The number of piperazine rings is 1. The lowest BCUT2D eigenvalue weighted by Crippen LogP contribution is -2.50. The van der Waals surface area contributed by atoms with Gasteiger partial charge in [0.05, 0.1) is 10.5 Å². The second-order valence-electron chi connectivity index (χ2n) is 6.70. The molecule has 6 nitrogen and oxygen atoms in total. The Kier molecular flexibility index (Phi) is 5.61. The second kappa shape index (κ2) is 8.02. The Bertz CT molecular complexity index is 1190. The summed E-state index contributed by atoms with van der Waals surface area (Å²) in [5.74, 6) is -0.258. The Labute approximate surface area is 182 Å². The number of nitrogens with zero attached hydrogens (tertiary/aromatic N) is 3. The first kappa shape index (κ1) is 20.3. The summed E-state index contributed by atoms with van der Waals surface area (Å²) in [6.45, 7) is 1.02. The molecule has 4 rings (SSSR count). The molecule has 29 heavy (non-hydrogen) atoms. The molecule has 0 N–H and O–H groups in total. The fourth-order valence-electron chi connectivity index (χ4n) is 3.35. The summed E-state index contributed by atoms with van der Waals surface area (Å²) in [5.41, 5.74) is 0.298. The van der Waals surface area contributed by atoms with Crippen molar-refractivity contribution in [1.82, 2.24) is 14.2 Å². The third kappa shape index (κ3) is 4.02. The molecule has 150 valence electrons. The van der Waals surface area contributed by atoms with E-state index < -0.39 is 10.0 Å². The normalized spacial score (nSPS) is 15.6. The van der Waals surface area contributed by atoms with Gasteiger partial charge in [-0.2, -0.15) is 4.31 Å². The van der Waals surface area contributed by atoms with Crippen LogP contribution in [-0.4, -0.2) is 54.7 Å². The molecule has 3 aromatic rings. The van der Waals surface area contributed by atoms with Crippen LogP contribution >= 0.6 is 27.5 Å². The summed E-state index contributed by atoms with van der Waals surface area (Å²) < 4.78 is 28.2. The van der Waals surface area contributed by atoms with Gasteiger partial charge >= 0.3 is 0 Å². The van der Waals surface area contributed by atoms with Gasteiger partial charge in [-0.15, -0.1) is 0 Å². The Balaban J connectivity index is 1.51. The molecule has 1 saturated heterocycles. The Morgan fingerprint density at radius 2 is 1.69 bits per heavy atom. The highest BCUT2D eigenvalue weighted by molar-refractivity contribution is 9.10. The average Bonchev–Trinajstić information content (AvgIpc) is 2.74. The van der Waals surface area contributed by atoms with Gasteiger partial charge in [-0.05, 0) is 44.9 Å². The number of carbonyl (C=O) groups is 1. The van der Waals surface area contributed by atoms with E-state index in [9.17, 15) is 13.2 Å². The molecule has 2 aromatic carbocycles. The SMILES string of the molecule is O=C(c1cc(Br)cnc1Cl)N1CCN(S(=O)(=O)c2ccc3ccccc3c2)CC1. The molecule has 1 aliphatic heterocycles. The minimum atomic E-state index is -3.63. The third-order valence-electron chi connectivity index (χ3n) is 4.92. The number of aromatic nitrogens is 1. The molecule has 0 spiro atoms. The van der Waals surface area contributed by atoms with Crippen molar-refractivity contribution in [2.75, 3.05) is 26.2 Å². The molecule has 0 atom stereocenters. The number of fused-ring (bicyclic) bond motifs is 1. The predicted octanol–water partition coefficient (Wildman–Crippen LogP) is 3.80. The summed E-state index contributed by atoms with van der Waals surface area (Å²) in [5, 5.41) is 1.99. The van der Waals surface area contributed by atoms with Crippen molar-refractivity contribution < 1.29 is 13.2 Å². The standard InChI is InChI=1S/C20H17BrClN3O3S/c21-16-12-18(19(22)23-13-16)20(26)24-7-9-25(10-8-24)29(27,28)17-6-5-14-3-1-2-4-15(14)11-17/h1-6,11-13H,7-10H2. The summed E-state index contributed by atoms with van der Waals surface area (Å²) in [4.78, 5) is 18.6. The van der Waals surface area contributed by atoms with E-state index in [2.05, 4.69) is 20.9 Å². The molecule has 0 radical (unpaired) electrons. The molecule has 9 heteroatoms. The molecular weight excluding hydrogens is 478 g/mol. The Morgan fingerprint density at radius 1 is 1.00 bits per heavy atom. The van der Waals surface area contributed by atoms with Gasteiger partial charge in [0.25, 0.3) is 5.91 Å². The largest absolute Gasteiger partial charge is 0.336 e. The van der Waals surface area contributed by atoms with Crippen molar-refractivity contribution in [1.29, 1.82) is 0 Å². The van der Waals surface area contributed by atoms with Gasteiger partial charge in [0.15, 0.2) is 0 Å². The van der Waals surface area contributed by atoms with Crippen LogP contribution in [0, 0.1) is 0 Å². The van der Waals surface area contributed by atoms with Crippen LogP contribution in [0.5, 0.6) is 0 Å². The van der Waals surface area contributed by atoms with E-state index in [1.807, 2.05) is 30.3 Å². The van der Waals surface area contributed by atoms with Crippen molar-refractivity contribution in [2.45, 2.75) is 4.90 Å².